The highest BCUT2D eigenvalue weighted by atomic mass is 79.9. The van der Waals surface area contributed by atoms with Gasteiger partial charge < -0.3 is 9.32 Å². The van der Waals surface area contributed by atoms with Gasteiger partial charge in [-0.1, -0.05) is 15.9 Å². The monoisotopic (exact) mass is 353 g/mol. The number of halogens is 2. The molecule has 1 heterocycles. The fourth-order valence-corrected chi connectivity index (χ4v) is 2.50. The van der Waals surface area contributed by atoms with Crippen LogP contribution in [0.1, 0.15) is 24.7 Å². The highest BCUT2D eigenvalue weighted by molar-refractivity contribution is 9.10. The van der Waals surface area contributed by atoms with Gasteiger partial charge in [0.1, 0.15) is 11.6 Å². The predicted octanol–water partition coefficient (Wildman–Crippen LogP) is 4.16. The van der Waals surface area contributed by atoms with Crippen LogP contribution in [0.5, 0.6) is 0 Å². The molecule has 0 atom stereocenters. The topological polar surface area (TPSA) is 33.5 Å². The third kappa shape index (κ3) is 4.43. The first-order valence-corrected chi connectivity index (χ1v) is 7.63. The minimum atomic E-state index is -0.296. The van der Waals surface area contributed by atoms with Crippen LogP contribution in [-0.2, 0) is 17.8 Å². The standard InChI is InChI=1S/C16H17BrFNO2/c1-2-19(11-12-10-13(17)5-7-15(12)18)16(20)8-6-14-4-3-9-21-14/h3-5,7,9-10H,2,6,8,11H2,1H3. The second-order valence-electron chi connectivity index (χ2n) is 4.72. The van der Waals surface area contributed by atoms with Crippen molar-refractivity contribution in [3.8, 4) is 0 Å². The van der Waals surface area contributed by atoms with Crippen molar-refractivity contribution < 1.29 is 13.6 Å². The summed E-state index contributed by atoms with van der Waals surface area (Å²) in [5.41, 5.74) is 0.512. The summed E-state index contributed by atoms with van der Waals surface area (Å²) in [5.74, 6) is 0.483. The summed E-state index contributed by atoms with van der Waals surface area (Å²) in [6, 6.07) is 8.40. The summed E-state index contributed by atoms with van der Waals surface area (Å²) in [7, 11) is 0. The maximum absolute atomic E-state index is 13.8. The van der Waals surface area contributed by atoms with E-state index in [4.69, 9.17) is 4.42 Å². The van der Waals surface area contributed by atoms with Crippen LogP contribution in [0.15, 0.2) is 45.5 Å². The van der Waals surface area contributed by atoms with Crippen molar-refractivity contribution in [1.82, 2.24) is 4.90 Å². The van der Waals surface area contributed by atoms with Crippen LogP contribution in [0.25, 0.3) is 0 Å². The fourth-order valence-electron chi connectivity index (χ4n) is 2.09. The van der Waals surface area contributed by atoms with Gasteiger partial charge in [-0.05, 0) is 37.3 Å². The molecule has 0 fully saturated rings. The van der Waals surface area contributed by atoms with E-state index in [1.165, 1.54) is 6.07 Å². The number of nitrogens with zero attached hydrogens (tertiary/aromatic N) is 1. The normalized spacial score (nSPS) is 10.6. The fraction of sp³-hybridized carbons (Fsp3) is 0.312. The van der Waals surface area contributed by atoms with Gasteiger partial charge >= 0.3 is 0 Å². The molecule has 0 radical (unpaired) electrons. The molecular weight excluding hydrogens is 337 g/mol. The maximum Gasteiger partial charge on any atom is 0.223 e. The van der Waals surface area contributed by atoms with E-state index in [-0.39, 0.29) is 18.3 Å². The van der Waals surface area contributed by atoms with Gasteiger partial charge in [-0.2, -0.15) is 0 Å². The Balaban J connectivity index is 1.98. The van der Waals surface area contributed by atoms with E-state index in [1.54, 1.807) is 29.4 Å². The lowest BCUT2D eigenvalue weighted by Gasteiger charge is -2.21. The average Bonchev–Trinajstić information content (AvgIpc) is 2.99. The van der Waals surface area contributed by atoms with Gasteiger partial charge in [-0.3, -0.25) is 4.79 Å². The first-order valence-electron chi connectivity index (χ1n) is 6.84. The molecule has 0 unspecified atom stereocenters. The lowest BCUT2D eigenvalue weighted by atomic mass is 10.1. The summed E-state index contributed by atoms with van der Waals surface area (Å²) in [6.07, 6.45) is 2.51. The number of carbonyl (C=O) groups excluding carboxylic acids is 1. The van der Waals surface area contributed by atoms with Crippen LogP contribution in [0.4, 0.5) is 4.39 Å². The van der Waals surface area contributed by atoms with Crippen molar-refractivity contribution >= 4 is 21.8 Å². The molecule has 2 aromatic rings. The molecule has 1 aromatic heterocycles. The van der Waals surface area contributed by atoms with E-state index in [9.17, 15) is 9.18 Å². The molecule has 0 saturated carbocycles. The Bertz CT molecular complexity index is 598. The van der Waals surface area contributed by atoms with E-state index in [0.717, 1.165) is 10.2 Å². The van der Waals surface area contributed by atoms with E-state index in [1.807, 2.05) is 13.0 Å². The first-order chi connectivity index (χ1) is 10.1. The van der Waals surface area contributed by atoms with E-state index in [2.05, 4.69) is 15.9 Å². The molecule has 0 N–H and O–H groups in total. The first kappa shape index (κ1) is 15.8. The van der Waals surface area contributed by atoms with Gasteiger partial charge in [-0.15, -0.1) is 0 Å². The van der Waals surface area contributed by atoms with Crippen LogP contribution in [0.2, 0.25) is 0 Å². The van der Waals surface area contributed by atoms with Gasteiger partial charge in [0, 0.05) is 36.0 Å². The summed E-state index contributed by atoms with van der Waals surface area (Å²) >= 11 is 3.32. The Morgan fingerprint density at radius 1 is 1.38 bits per heavy atom. The smallest absolute Gasteiger partial charge is 0.223 e. The molecule has 0 spiro atoms. The van der Waals surface area contributed by atoms with Crippen molar-refractivity contribution in [2.45, 2.75) is 26.3 Å². The maximum atomic E-state index is 13.8. The third-order valence-corrected chi connectivity index (χ3v) is 3.76. The Morgan fingerprint density at radius 2 is 2.19 bits per heavy atom. The molecule has 0 bridgehead atoms. The number of rotatable bonds is 6. The number of furan rings is 1. The van der Waals surface area contributed by atoms with Crippen LogP contribution in [-0.4, -0.2) is 17.4 Å². The Labute approximate surface area is 131 Å². The largest absolute Gasteiger partial charge is 0.469 e. The lowest BCUT2D eigenvalue weighted by Crippen LogP contribution is -2.30. The molecule has 0 saturated heterocycles. The van der Waals surface area contributed by atoms with E-state index < -0.39 is 0 Å². The third-order valence-electron chi connectivity index (χ3n) is 3.27. The minimum absolute atomic E-state index is 0.00623. The Morgan fingerprint density at radius 3 is 2.86 bits per heavy atom. The minimum Gasteiger partial charge on any atom is -0.469 e. The van der Waals surface area contributed by atoms with Crippen molar-refractivity contribution in [1.29, 1.82) is 0 Å². The molecule has 0 aliphatic rings. The SMILES string of the molecule is CCN(Cc1cc(Br)ccc1F)C(=O)CCc1ccco1. The highest BCUT2D eigenvalue weighted by Crippen LogP contribution is 2.18. The summed E-state index contributed by atoms with van der Waals surface area (Å²) in [4.78, 5) is 13.9. The molecule has 1 amide bonds. The zero-order chi connectivity index (χ0) is 15.2. The zero-order valence-corrected chi connectivity index (χ0v) is 13.4. The number of carbonyl (C=O) groups is 1. The van der Waals surface area contributed by atoms with Crippen molar-refractivity contribution in [3.63, 3.8) is 0 Å². The number of hydrogen-bond donors (Lipinski definition) is 0. The van der Waals surface area contributed by atoms with Crippen LogP contribution in [0.3, 0.4) is 0 Å². The number of hydrogen-bond acceptors (Lipinski definition) is 2. The highest BCUT2D eigenvalue weighted by Gasteiger charge is 2.15. The number of amides is 1. The molecule has 3 nitrogen and oxygen atoms in total. The van der Waals surface area contributed by atoms with Crippen LogP contribution in [0, 0.1) is 5.82 Å². The van der Waals surface area contributed by atoms with Gasteiger partial charge in [0.25, 0.3) is 0 Å². The second kappa shape index (κ2) is 7.41. The van der Waals surface area contributed by atoms with Gasteiger partial charge in [0.2, 0.25) is 5.91 Å². The van der Waals surface area contributed by atoms with E-state index in [0.29, 0.717) is 24.9 Å². The number of aryl methyl sites for hydroxylation is 1. The van der Waals surface area contributed by atoms with Crippen molar-refractivity contribution in [2.24, 2.45) is 0 Å². The average molecular weight is 354 g/mol. The van der Waals surface area contributed by atoms with Crippen LogP contribution < -0.4 is 0 Å². The van der Waals surface area contributed by atoms with Crippen LogP contribution >= 0.6 is 15.9 Å². The molecule has 2 rings (SSSR count). The predicted molar refractivity (Wildman–Crippen MR) is 82.2 cm³/mol. The Kier molecular flexibility index (Phi) is 5.56. The molecule has 0 aliphatic heterocycles. The van der Waals surface area contributed by atoms with Crippen molar-refractivity contribution in [3.05, 3.63) is 58.2 Å². The van der Waals surface area contributed by atoms with Gasteiger partial charge in [0.15, 0.2) is 0 Å². The summed E-state index contributed by atoms with van der Waals surface area (Å²) < 4.78 is 19.8. The van der Waals surface area contributed by atoms with Crippen molar-refractivity contribution in [2.75, 3.05) is 6.54 Å². The van der Waals surface area contributed by atoms with E-state index >= 15 is 0 Å². The Hall–Kier alpha value is -1.62. The number of benzene rings is 1. The summed E-state index contributed by atoms with van der Waals surface area (Å²) in [6.45, 7) is 2.71. The lowest BCUT2D eigenvalue weighted by molar-refractivity contribution is -0.131. The quantitative estimate of drug-likeness (QED) is 0.780. The molecule has 0 aliphatic carbocycles. The van der Waals surface area contributed by atoms with Gasteiger partial charge in [-0.25, -0.2) is 4.39 Å². The molecule has 5 heteroatoms. The summed E-state index contributed by atoms with van der Waals surface area (Å²) in [5, 5.41) is 0. The van der Waals surface area contributed by atoms with Gasteiger partial charge in [0.05, 0.1) is 6.26 Å². The molecule has 21 heavy (non-hydrogen) atoms. The molecular formula is C16H17BrFNO2. The molecule has 112 valence electrons. The molecule has 1 aromatic carbocycles. The second-order valence-corrected chi connectivity index (χ2v) is 5.64. The zero-order valence-electron chi connectivity index (χ0n) is 11.8.